The molecule has 2 N–H and O–H groups in total. The maximum absolute atomic E-state index is 14.7. The molecule has 4 atom stereocenters. The van der Waals surface area contributed by atoms with E-state index in [4.69, 9.17) is 0 Å². The summed E-state index contributed by atoms with van der Waals surface area (Å²) in [5, 5.41) is 13.9. The fourth-order valence-corrected chi connectivity index (χ4v) is 6.42. The molecule has 1 saturated heterocycles. The Kier molecular flexibility index (Phi) is 8.28. The molecule has 5 rings (SSSR count). The van der Waals surface area contributed by atoms with Crippen molar-refractivity contribution in [2.45, 2.75) is 38.3 Å². The summed E-state index contributed by atoms with van der Waals surface area (Å²) in [6, 6.07) is 25.7. The zero-order valence-electron chi connectivity index (χ0n) is 25.4. The van der Waals surface area contributed by atoms with E-state index in [0.29, 0.717) is 22.4 Å². The molecule has 0 aromatic heterocycles. The number of aliphatic carboxylic acids is 1. The van der Waals surface area contributed by atoms with Crippen LogP contribution in [0.5, 0.6) is 0 Å². The van der Waals surface area contributed by atoms with E-state index >= 15 is 0 Å². The summed E-state index contributed by atoms with van der Waals surface area (Å²) < 4.78 is 14.2. The molecule has 0 spiro atoms. The van der Waals surface area contributed by atoms with Crippen LogP contribution in [0, 0.1) is 25.6 Å². The first kappa shape index (κ1) is 30.5. The maximum atomic E-state index is 14.7. The number of benzene rings is 4. The number of rotatable bonds is 7. The summed E-state index contributed by atoms with van der Waals surface area (Å²) in [5.41, 5.74) is 2.75. The highest BCUT2D eigenvalue weighted by atomic mass is 19.1. The van der Waals surface area contributed by atoms with Gasteiger partial charge in [-0.15, -0.1) is 0 Å². The van der Waals surface area contributed by atoms with Gasteiger partial charge in [0.2, 0.25) is 0 Å². The maximum Gasteiger partial charge on any atom is 0.330 e. The van der Waals surface area contributed by atoms with Gasteiger partial charge in [0.15, 0.2) is 5.78 Å². The monoisotopic (exact) mass is 593 g/mol. The van der Waals surface area contributed by atoms with Crippen LogP contribution in [0.25, 0.3) is 0 Å². The Morgan fingerprint density at radius 2 is 1.43 bits per heavy atom. The first-order chi connectivity index (χ1) is 20.9. The predicted octanol–water partition coefficient (Wildman–Crippen LogP) is 7.22. The van der Waals surface area contributed by atoms with Gasteiger partial charge in [-0.25, -0.2) is 14.0 Å². The number of hydrogen-bond donors (Lipinski definition) is 2. The number of nitrogens with zero attached hydrogens (tertiary/aromatic N) is 2. The van der Waals surface area contributed by atoms with Crippen LogP contribution in [0.15, 0.2) is 97.1 Å². The molecule has 7 nitrogen and oxygen atoms in total. The van der Waals surface area contributed by atoms with Gasteiger partial charge in [-0.3, -0.25) is 9.69 Å². The van der Waals surface area contributed by atoms with Crippen LogP contribution in [0.2, 0.25) is 0 Å². The minimum atomic E-state index is -1.90. The second-order valence-corrected chi connectivity index (χ2v) is 11.8. The first-order valence-electron chi connectivity index (χ1n) is 14.5. The number of nitrogens with one attached hydrogen (secondary N) is 1. The number of anilines is 2. The molecule has 1 aliphatic rings. The third-order valence-electron chi connectivity index (χ3n) is 8.59. The predicted molar refractivity (Wildman–Crippen MR) is 170 cm³/mol. The molecule has 1 heterocycles. The van der Waals surface area contributed by atoms with Crippen LogP contribution < -0.4 is 10.2 Å². The Morgan fingerprint density at radius 3 is 2.00 bits per heavy atom. The summed E-state index contributed by atoms with van der Waals surface area (Å²) in [6.45, 7) is 5.25. The highest BCUT2D eigenvalue weighted by Crippen LogP contribution is 2.56. The first-order valence-corrected chi connectivity index (χ1v) is 14.5. The fraction of sp³-hybridized carbons (Fsp3) is 0.250. The van der Waals surface area contributed by atoms with Gasteiger partial charge < -0.3 is 15.3 Å². The van der Waals surface area contributed by atoms with Crippen molar-refractivity contribution in [3.8, 4) is 0 Å². The van der Waals surface area contributed by atoms with Crippen LogP contribution >= 0.6 is 0 Å². The number of urea groups is 1. The summed E-state index contributed by atoms with van der Waals surface area (Å²) in [6.07, 6.45) is 0. The van der Waals surface area contributed by atoms with E-state index in [1.807, 2.05) is 69.2 Å². The van der Waals surface area contributed by atoms with E-state index < -0.39 is 41.2 Å². The van der Waals surface area contributed by atoms with Gasteiger partial charge in [-0.1, -0.05) is 60.2 Å². The largest absolute Gasteiger partial charge is 0.479 e. The SMILES string of the molecule is Cc1cccc(NC(=O)N2C(c3ccc(N(C)C)cc3)C(C(=O)c3cccc(C)c3)C(c3ccc(F)cc3)C2(C)C(=O)O)c1. The highest BCUT2D eigenvalue weighted by molar-refractivity contribution is 6.03. The molecule has 4 aromatic rings. The molecule has 4 aromatic carbocycles. The number of ketones is 1. The van der Waals surface area contributed by atoms with E-state index in [1.54, 1.807) is 36.4 Å². The number of amides is 2. The molecule has 4 unspecified atom stereocenters. The van der Waals surface area contributed by atoms with E-state index in [0.717, 1.165) is 16.8 Å². The quantitative estimate of drug-likeness (QED) is 0.221. The Morgan fingerprint density at radius 1 is 0.841 bits per heavy atom. The van der Waals surface area contributed by atoms with Crippen molar-refractivity contribution in [3.05, 3.63) is 131 Å². The van der Waals surface area contributed by atoms with E-state index in [-0.39, 0.29) is 5.78 Å². The zero-order valence-corrected chi connectivity index (χ0v) is 25.4. The van der Waals surface area contributed by atoms with E-state index in [9.17, 15) is 23.9 Å². The molecular formula is C36H36FN3O4. The number of carboxylic acid groups (broad SMARTS) is 1. The lowest BCUT2D eigenvalue weighted by molar-refractivity contribution is -0.148. The van der Waals surface area contributed by atoms with Gasteiger partial charge in [0.05, 0.1) is 12.0 Å². The van der Waals surface area contributed by atoms with Gasteiger partial charge in [0, 0.05) is 37.0 Å². The van der Waals surface area contributed by atoms with Gasteiger partial charge in [-0.05, 0) is 79.9 Å². The number of hydrogen-bond acceptors (Lipinski definition) is 4. The number of Topliss-reactive ketones (excluding diaryl/α,β-unsaturated/α-hetero) is 1. The van der Waals surface area contributed by atoms with Crippen LogP contribution in [-0.2, 0) is 4.79 Å². The number of aryl methyl sites for hydroxylation is 2. The molecule has 0 bridgehead atoms. The number of carboxylic acids is 1. The molecular weight excluding hydrogens is 557 g/mol. The lowest BCUT2D eigenvalue weighted by Crippen LogP contribution is -2.55. The Balaban J connectivity index is 1.78. The molecule has 0 aliphatic carbocycles. The van der Waals surface area contributed by atoms with Crippen LogP contribution in [0.3, 0.4) is 0 Å². The molecule has 226 valence electrons. The Hall–Kier alpha value is -4.98. The zero-order chi connectivity index (χ0) is 31.8. The smallest absolute Gasteiger partial charge is 0.330 e. The molecule has 0 radical (unpaired) electrons. The minimum Gasteiger partial charge on any atom is -0.479 e. The van der Waals surface area contributed by atoms with Crippen molar-refractivity contribution < 1.29 is 23.9 Å². The Bertz CT molecular complexity index is 1700. The van der Waals surface area contributed by atoms with Gasteiger partial charge in [0.1, 0.15) is 11.4 Å². The lowest BCUT2D eigenvalue weighted by Gasteiger charge is -2.37. The third-order valence-corrected chi connectivity index (χ3v) is 8.59. The van der Waals surface area contributed by atoms with Crippen molar-refractivity contribution in [3.63, 3.8) is 0 Å². The molecule has 2 amide bonds. The normalized spacial score (nSPS) is 21.1. The number of likely N-dealkylation sites (tertiary alicyclic amines) is 1. The summed E-state index contributed by atoms with van der Waals surface area (Å²) in [7, 11) is 3.81. The number of carbonyl (C=O) groups is 3. The van der Waals surface area contributed by atoms with E-state index in [2.05, 4.69) is 5.32 Å². The van der Waals surface area contributed by atoms with Gasteiger partial charge in [-0.2, -0.15) is 0 Å². The molecule has 1 aliphatic heterocycles. The van der Waals surface area contributed by atoms with Crippen LogP contribution in [0.1, 0.15) is 51.5 Å². The molecule has 44 heavy (non-hydrogen) atoms. The average molecular weight is 594 g/mol. The average Bonchev–Trinajstić information content (AvgIpc) is 3.27. The number of halogens is 1. The Labute approximate surface area is 256 Å². The summed E-state index contributed by atoms with van der Waals surface area (Å²) in [5.74, 6) is -4.11. The van der Waals surface area contributed by atoms with Crippen molar-refractivity contribution >= 4 is 29.2 Å². The van der Waals surface area contributed by atoms with Crippen molar-refractivity contribution in [2.75, 3.05) is 24.3 Å². The number of carbonyl (C=O) groups excluding carboxylic acids is 2. The third kappa shape index (κ3) is 5.55. The second kappa shape index (κ2) is 12.0. The standard InChI is InChI=1S/C36H36FN3O4/c1-22-8-6-10-26(20-22)33(41)30-31(24-12-16-27(37)17-13-24)36(3,34(42)43)40(35(44)38-28-11-7-9-23(2)21-28)32(30)25-14-18-29(19-15-25)39(4)5/h6-21,30-32H,1-5H3,(H,38,44)(H,42,43). The molecule has 1 fully saturated rings. The summed E-state index contributed by atoms with van der Waals surface area (Å²) in [4.78, 5) is 45.7. The molecule has 8 heteroatoms. The van der Waals surface area contributed by atoms with Crippen LogP contribution in [0.4, 0.5) is 20.6 Å². The van der Waals surface area contributed by atoms with Crippen molar-refractivity contribution in [2.24, 2.45) is 5.92 Å². The van der Waals surface area contributed by atoms with Crippen molar-refractivity contribution in [1.82, 2.24) is 4.90 Å². The van der Waals surface area contributed by atoms with Gasteiger partial charge >= 0.3 is 12.0 Å². The highest BCUT2D eigenvalue weighted by Gasteiger charge is 2.65. The minimum absolute atomic E-state index is 0.303. The summed E-state index contributed by atoms with van der Waals surface area (Å²) >= 11 is 0. The topological polar surface area (TPSA) is 90.0 Å². The second-order valence-electron chi connectivity index (χ2n) is 11.8. The van der Waals surface area contributed by atoms with E-state index in [1.165, 1.54) is 36.1 Å². The van der Waals surface area contributed by atoms with Crippen LogP contribution in [-0.4, -0.2) is 47.4 Å². The molecule has 0 saturated carbocycles. The lowest BCUT2D eigenvalue weighted by atomic mass is 9.71. The van der Waals surface area contributed by atoms with Gasteiger partial charge in [0.25, 0.3) is 0 Å². The van der Waals surface area contributed by atoms with Crippen molar-refractivity contribution in [1.29, 1.82) is 0 Å². The fourth-order valence-electron chi connectivity index (χ4n) is 6.42.